The van der Waals surface area contributed by atoms with Crippen molar-refractivity contribution in [3.05, 3.63) is 28.0 Å². The van der Waals surface area contributed by atoms with Gasteiger partial charge in [0, 0.05) is 23.6 Å². The fourth-order valence-electron chi connectivity index (χ4n) is 1.73. The van der Waals surface area contributed by atoms with Crippen LogP contribution in [0.3, 0.4) is 0 Å². The third-order valence-electron chi connectivity index (χ3n) is 2.82. The second kappa shape index (κ2) is 5.71. The van der Waals surface area contributed by atoms with Crippen molar-refractivity contribution in [2.75, 3.05) is 6.61 Å². The fraction of sp³-hybridized carbons (Fsp3) is 0.462. The van der Waals surface area contributed by atoms with Crippen LogP contribution in [0.2, 0.25) is 25.7 Å². The Morgan fingerprint density at radius 3 is 2.83 bits per heavy atom. The van der Waals surface area contributed by atoms with E-state index >= 15 is 0 Å². The Morgan fingerprint density at radius 1 is 1.33 bits per heavy atom. The molecule has 3 nitrogen and oxygen atoms in total. The van der Waals surface area contributed by atoms with Crippen LogP contribution in [0, 0.1) is 3.57 Å². The van der Waals surface area contributed by atoms with Crippen LogP contribution in [-0.4, -0.2) is 24.5 Å². The molecule has 1 aromatic carbocycles. The number of nitrogens with zero attached hydrogens (tertiary/aromatic N) is 2. The minimum absolute atomic E-state index is 0.550. The van der Waals surface area contributed by atoms with Crippen molar-refractivity contribution in [2.24, 2.45) is 0 Å². The van der Waals surface area contributed by atoms with Gasteiger partial charge in [-0.25, -0.2) is 4.68 Å². The fourth-order valence-corrected chi connectivity index (χ4v) is 3.28. The van der Waals surface area contributed by atoms with Gasteiger partial charge in [-0.2, -0.15) is 5.10 Å². The number of aromatic nitrogens is 2. The zero-order valence-corrected chi connectivity index (χ0v) is 14.3. The normalized spacial score (nSPS) is 12.2. The zero-order chi connectivity index (χ0) is 13.2. The molecule has 0 aliphatic heterocycles. The van der Waals surface area contributed by atoms with Gasteiger partial charge >= 0.3 is 0 Å². The number of fused-ring (bicyclic) bond motifs is 1. The number of ether oxygens (including phenoxy) is 1. The minimum Gasteiger partial charge on any atom is -0.360 e. The number of benzene rings is 1. The predicted molar refractivity (Wildman–Crippen MR) is 86.6 cm³/mol. The van der Waals surface area contributed by atoms with Crippen LogP contribution in [0.5, 0.6) is 0 Å². The van der Waals surface area contributed by atoms with Gasteiger partial charge in [-0.05, 0) is 34.7 Å². The van der Waals surface area contributed by atoms with Crippen molar-refractivity contribution in [1.82, 2.24) is 9.78 Å². The molecule has 1 heterocycles. The van der Waals surface area contributed by atoms with Crippen LogP contribution < -0.4 is 0 Å². The van der Waals surface area contributed by atoms with Crippen LogP contribution in [-0.2, 0) is 11.5 Å². The first-order valence-corrected chi connectivity index (χ1v) is 10.9. The summed E-state index contributed by atoms with van der Waals surface area (Å²) >= 11 is 2.34. The molecule has 0 radical (unpaired) electrons. The molecule has 0 aliphatic carbocycles. The summed E-state index contributed by atoms with van der Waals surface area (Å²) in [5.41, 5.74) is 1.17. The standard InChI is InChI=1S/C13H19IN2OSi/c1-18(2,3)8-7-17-10-16-13-11(9-15-16)5-4-6-12(13)14/h4-6,9H,7-8,10H2,1-3H3. The molecule has 0 fully saturated rings. The Labute approximate surface area is 123 Å². The Hall–Kier alpha value is -0.403. The molecule has 0 saturated heterocycles. The number of para-hydroxylation sites is 1. The summed E-state index contributed by atoms with van der Waals surface area (Å²) in [5.74, 6) is 0. The maximum atomic E-state index is 5.75. The highest BCUT2D eigenvalue weighted by molar-refractivity contribution is 14.1. The number of hydrogen-bond acceptors (Lipinski definition) is 2. The van der Waals surface area contributed by atoms with Crippen molar-refractivity contribution in [3.8, 4) is 0 Å². The molecule has 5 heteroatoms. The molecule has 0 atom stereocenters. The van der Waals surface area contributed by atoms with Crippen LogP contribution in [0.25, 0.3) is 10.9 Å². The lowest BCUT2D eigenvalue weighted by atomic mass is 10.3. The van der Waals surface area contributed by atoms with E-state index in [1.165, 1.54) is 20.5 Å². The molecule has 0 aliphatic rings. The minimum atomic E-state index is -1.00. The maximum absolute atomic E-state index is 5.75. The summed E-state index contributed by atoms with van der Waals surface area (Å²) in [6, 6.07) is 7.44. The average molecular weight is 374 g/mol. The molecule has 98 valence electrons. The van der Waals surface area contributed by atoms with Gasteiger partial charge in [0.15, 0.2) is 0 Å². The number of halogens is 1. The topological polar surface area (TPSA) is 27.1 Å². The van der Waals surface area contributed by atoms with E-state index in [0.29, 0.717) is 6.73 Å². The van der Waals surface area contributed by atoms with E-state index < -0.39 is 8.07 Å². The third-order valence-corrected chi connectivity index (χ3v) is 5.40. The van der Waals surface area contributed by atoms with Gasteiger partial charge in [0.05, 0.1) is 11.7 Å². The van der Waals surface area contributed by atoms with Gasteiger partial charge in [-0.15, -0.1) is 0 Å². The van der Waals surface area contributed by atoms with Crippen molar-refractivity contribution < 1.29 is 4.74 Å². The summed E-state index contributed by atoms with van der Waals surface area (Å²) in [6.45, 7) is 8.47. The Kier molecular flexibility index (Phi) is 4.44. The van der Waals surface area contributed by atoms with Gasteiger partial charge in [0.1, 0.15) is 6.73 Å². The van der Waals surface area contributed by atoms with Crippen LogP contribution in [0.1, 0.15) is 0 Å². The molecule has 0 amide bonds. The summed E-state index contributed by atoms with van der Waals surface area (Å²) < 4.78 is 8.91. The summed E-state index contributed by atoms with van der Waals surface area (Å²) in [6.07, 6.45) is 1.90. The Balaban J connectivity index is 2.00. The largest absolute Gasteiger partial charge is 0.360 e. The molecule has 1 aromatic heterocycles. The Morgan fingerprint density at radius 2 is 2.11 bits per heavy atom. The smallest absolute Gasteiger partial charge is 0.140 e. The molecule has 0 bridgehead atoms. The lowest BCUT2D eigenvalue weighted by Gasteiger charge is -2.15. The van der Waals surface area contributed by atoms with Gasteiger partial charge in [-0.3, -0.25) is 0 Å². The van der Waals surface area contributed by atoms with Crippen molar-refractivity contribution in [3.63, 3.8) is 0 Å². The van der Waals surface area contributed by atoms with Crippen LogP contribution in [0.15, 0.2) is 24.4 Å². The highest BCUT2D eigenvalue weighted by Gasteiger charge is 2.12. The maximum Gasteiger partial charge on any atom is 0.140 e. The van der Waals surface area contributed by atoms with Gasteiger partial charge in [-0.1, -0.05) is 31.8 Å². The first-order chi connectivity index (χ1) is 8.47. The molecule has 18 heavy (non-hydrogen) atoms. The third kappa shape index (κ3) is 3.55. The first kappa shape index (κ1) is 14.0. The summed E-state index contributed by atoms with van der Waals surface area (Å²) in [4.78, 5) is 0. The predicted octanol–water partition coefficient (Wildman–Crippen LogP) is 3.95. The highest BCUT2D eigenvalue weighted by Crippen LogP contribution is 2.20. The monoisotopic (exact) mass is 374 g/mol. The molecule has 0 unspecified atom stereocenters. The van der Waals surface area contributed by atoms with E-state index in [1.54, 1.807) is 0 Å². The average Bonchev–Trinajstić information content (AvgIpc) is 2.68. The van der Waals surface area contributed by atoms with E-state index in [-0.39, 0.29) is 0 Å². The number of hydrogen-bond donors (Lipinski definition) is 0. The Bertz CT molecular complexity index is 533. The molecule has 2 aromatic rings. The molecule has 2 rings (SSSR count). The molecule has 0 spiro atoms. The van der Waals surface area contributed by atoms with Crippen LogP contribution in [0.4, 0.5) is 0 Å². The van der Waals surface area contributed by atoms with E-state index in [4.69, 9.17) is 4.74 Å². The lowest BCUT2D eigenvalue weighted by Crippen LogP contribution is -2.22. The van der Waals surface area contributed by atoms with Crippen molar-refractivity contribution in [1.29, 1.82) is 0 Å². The molecule has 0 saturated carbocycles. The summed E-state index contributed by atoms with van der Waals surface area (Å²) in [7, 11) is -1.00. The van der Waals surface area contributed by atoms with E-state index in [0.717, 1.165) is 6.61 Å². The first-order valence-electron chi connectivity index (χ1n) is 6.15. The molecular formula is C13H19IN2OSi. The summed E-state index contributed by atoms with van der Waals surface area (Å²) in [5, 5.41) is 5.56. The second-order valence-corrected chi connectivity index (χ2v) is 12.5. The van der Waals surface area contributed by atoms with Gasteiger partial charge in [0.25, 0.3) is 0 Å². The van der Waals surface area contributed by atoms with E-state index in [1.807, 2.05) is 10.9 Å². The zero-order valence-electron chi connectivity index (χ0n) is 11.1. The van der Waals surface area contributed by atoms with Gasteiger partial charge < -0.3 is 4.74 Å². The SMILES string of the molecule is C[Si](C)(C)CCOCn1ncc2cccc(I)c21. The lowest BCUT2D eigenvalue weighted by molar-refractivity contribution is 0.0816. The van der Waals surface area contributed by atoms with Gasteiger partial charge in [0.2, 0.25) is 0 Å². The highest BCUT2D eigenvalue weighted by atomic mass is 127. The van der Waals surface area contributed by atoms with Crippen molar-refractivity contribution in [2.45, 2.75) is 32.4 Å². The van der Waals surface area contributed by atoms with E-state index in [9.17, 15) is 0 Å². The molecular weight excluding hydrogens is 355 g/mol. The van der Waals surface area contributed by atoms with E-state index in [2.05, 4.69) is 65.5 Å². The van der Waals surface area contributed by atoms with Crippen LogP contribution >= 0.6 is 22.6 Å². The number of rotatable bonds is 5. The molecule has 0 N–H and O–H groups in total. The second-order valence-electron chi connectivity index (χ2n) is 5.67. The van der Waals surface area contributed by atoms with Crippen molar-refractivity contribution >= 4 is 41.6 Å². The quantitative estimate of drug-likeness (QED) is 0.450.